The predicted molar refractivity (Wildman–Crippen MR) is 85.6 cm³/mol. The number of urea groups is 1. The van der Waals surface area contributed by atoms with Crippen LogP contribution < -0.4 is 11.1 Å². The topological polar surface area (TPSA) is 101 Å². The first-order chi connectivity index (χ1) is 10.5. The lowest BCUT2D eigenvalue weighted by Gasteiger charge is -1.99. The number of nitrogens with zero attached hydrogens (tertiary/aromatic N) is 1. The number of thioether (sulfide) groups is 1. The zero-order valence-electron chi connectivity index (χ0n) is 12.3. The Balaban J connectivity index is 1.87. The fourth-order valence-corrected chi connectivity index (χ4v) is 2.82. The van der Waals surface area contributed by atoms with Crippen LogP contribution in [-0.2, 0) is 11.2 Å². The first-order valence-corrected chi connectivity index (χ1v) is 7.84. The van der Waals surface area contributed by atoms with E-state index in [0.29, 0.717) is 5.75 Å². The summed E-state index contributed by atoms with van der Waals surface area (Å²) in [6.07, 6.45) is 0.979. The molecule has 1 aromatic carbocycles. The van der Waals surface area contributed by atoms with Crippen LogP contribution in [0.1, 0.15) is 23.4 Å². The maximum absolute atomic E-state index is 11.3. The van der Waals surface area contributed by atoms with Gasteiger partial charge in [-0.2, -0.15) is 0 Å². The number of amides is 3. The first-order valence-electron chi connectivity index (χ1n) is 6.86. The van der Waals surface area contributed by atoms with Crippen LogP contribution in [0.5, 0.6) is 0 Å². The maximum atomic E-state index is 11.3. The van der Waals surface area contributed by atoms with Gasteiger partial charge in [0.2, 0.25) is 5.91 Å². The van der Waals surface area contributed by atoms with Gasteiger partial charge in [0.05, 0.1) is 5.69 Å². The molecule has 0 fully saturated rings. The SMILES string of the molecule is Cc1[nH]c(SCCC(=O)NC(N)=O)nc1Cc1ccccc1. The van der Waals surface area contributed by atoms with E-state index in [0.717, 1.165) is 23.0 Å². The molecule has 22 heavy (non-hydrogen) atoms. The smallest absolute Gasteiger partial charge is 0.318 e. The highest BCUT2D eigenvalue weighted by Gasteiger charge is 2.09. The molecule has 0 aliphatic rings. The number of carbonyl (C=O) groups is 2. The number of aromatic nitrogens is 2. The van der Waals surface area contributed by atoms with E-state index < -0.39 is 6.03 Å². The van der Waals surface area contributed by atoms with Gasteiger partial charge in [-0.1, -0.05) is 42.1 Å². The largest absolute Gasteiger partial charge is 0.351 e. The van der Waals surface area contributed by atoms with E-state index in [1.807, 2.05) is 30.4 Å². The molecule has 0 aliphatic carbocycles. The zero-order valence-corrected chi connectivity index (χ0v) is 13.1. The second-order valence-corrected chi connectivity index (χ2v) is 5.87. The number of aromatic amines is 1. The Morgan fingerprint density at radius 3 is 2.73 bits per heavy atom. The first kappa shape index (κ1) is 16.1. The Labute approximate surface area is 132 Å². The van der Waals surface area contributed by atoms with E-state index in [1.165, 1.54) is 17.3 Å². The van der Waals surface area contributed by atoms with E-state index in [2.05, 4.69) is 22.1 Å². The molecule has 0 saturated heterocycles. The molecule has 0 spiro atoms. The monoisotopic (exact) mass is 318 g/mol. The normalized spacial score (nSPS) is 10.4. The average molecular weight is 318 g/mol. The van der Waals surface area contributed by atoms with Crippen molar-refractivity contribution in [1.29, 1.82) is 0 Å². The lowest BCUT2D eigenvalue weighted by molar-refractivity contribution is -0.119. The third kappa shape index (κ3) is 4.92. The van der Waals surface area contributed by atoms with Gasteiger partial charge in [0.1, 0.15) is 0 Å². The summed E-state index contributed by atoms with van der Waals surface area (Å²) in [6, 6.07) is 9.30. The molecule has 1 aromatic heterocycles. The van der Waals surface area contributed by atoms with Crippen molar-refractivity contribution in [3.8, 4) is 0 Å². The molecule has 2 rings (SSSR count). The summed E-state index contributed by atoms with van der Waals surface area (Å²) in [5, 5.41) is 2.81. The van der Waals surface area contributed by atoms with Crippen molar-refractivity contribution in [1.82, 2.24) is 15.3 Å². The molecule has 0 atom stereocenters. The fourth-order valence-electron chi connectivity index (χ4n) is 1.94. The highest BCUT2D eigenvalue weighted by molar-refractivity contribution is 7.99. The van der Waals surface area contributed by atoms with Crippen molar-refractivity contribution in [2.75, 3.05) is 5.75 Å². The third-order valence-corrected chi connectivity index (χ3v) is 3.88. The van der Waals surface area contributed by atoms with Crippen molar-refractivity contribution >= 4 is 23.7 Å². The van der Waals surface area contributed by atoms with Crippen molar-refractivity contribution in [3.63, 3.8) is 0 Å². The number of rotatable bonds is 6. The number of nitrogens with two attached hydrogens (primary N) is 1. The van der Waals surface area contributed by atoms with Crippen LogP contribution in [0.3, 0.4) is 0 Å². The summed E-state index contributed by atoms with van der Waals surface area (Å²) in [5.41, 5.74) is 8.10. The van der Waals surface area contributed by atoms with E-state index >= 15 is 0 Å². The maximum Gasteiger partial charge on any atom is 0.318 e. The van der Waals surface area contributed by atoms with Crippen LogP contribution in [-0.4, -0.2) is 27.7 Å². The number of imide groups is 1. The lowest BCUT2D eigenvalue weighted by Crippen LogP contribution is -2.35. The van der Waals surface area contributed by atoms with Gasteiger partial charge in [0, 0.05) is 24.3 Å². The number of primary amides is 1. The number of benzene rings is 1. The van der Waals surface area contributed by atoms with E-state index in [1.54, 1.807) is 0 Å². The molecular formula is C15H18N4O2S. The number of aryl methyl sites for hydroxylation is 1. The average Bonchev–Trinajstić information content (AvgIpc) is 2.79. The van der Waals surface area contributed by atoms with E-state index in [-0.39, 0.29) is 12.3 Å². The predicted octanol–water partition coefficient (Wildman–Crippen LogP) is 1.99. The Morgan fingerprint density at radius 1 is 1.32 bits per heavy atom. The number of H-pyrrole nitrogens is 1. The van der Waals surface area contributed by atoms with Gasteiger partial charge >= 0.3 is 6.03 Å². The van der Waals surface area contributed by atoms with Crippen LogP contribution in [0, 0.1) is 6.92 Å². The Kier molecular flexibility index (Phi) is 5.60. The molecule has 0 radical (unpaired) electrons. The summed E-state index contributed by atoms with van der Waals surface area (Å²) >= 11 is 1.44. The number of carbonyl (C=O) groups excluding carboxylic acids is 2. The molecular weight excluding hydrogens is 300 g/mol. The molecule has 0 saturated carbocycles. The number of hydrogen-bond acceptors (Lipinski definition) is 4. The van der Waals surface area contributed by atoms with Gasteiger partial charge in [0.15, 0.2) is 5.16 Å². The highest BCUT2D eigenvalue weighted by Crippen LogP contribution is 2.19. The third-order valence-electron chi connectivity index (χ3n) is 3.01. The van der Waals surface area contributed by atoms with Gasteiger partial charge in [-0.15, -0.1) is 0 Å². The van der Waals surface area contributed by atoms with Gasteiger partial charge < -0.3 is 10.7 Å². The highest BCUT2D eigenvalue weighted by atomic mass is 32.2. The number of hydrogen-bond donors (Lipinski definition) is 3. The van der Waals surface area contributed by atoms with Crippen molar-refractivity contribution < 1.29 is 9.59 Å². The van der Waals surface area contributed by atoms with Crippen molar-refractivity contribution in [2.24, 2.45) is 5.73 Å². The van der Waals surface area contributed by atoms with E-state index in [9.17, 15) is 9.59 Å². The fraction of sp³-hybridized carbons (Fsp3) is 0.267. The second kappa shape index (κ2) is 7.65. The van der Waals surface area contributed by atoms with Crippen molar-refractivity contribution in [2.45, 2.75) is 24.9 Å². The van der Waals surface area contributed by atoms with Crippen LogP contribution >= 0.6 is 11.8 Å². The molecule has 4 N–H and O–H groups in total. The summed E-state index contributed by atoms with van der Waals surface area (Å²) in [6.45, 7) is 1.98. The second-order valence-electron chi connectivity index (χ2n) is 4.79. The van der Waals surface area contributed by atoms with Crippen LogP contribution in [0.25, 0.3) is 0 Å². The van der Waals surface area contributed by atoms with Gasteiger partial charge in [-0.3, -0.25) is 10.1 Å². The molecule has 2 aromatic rings. The zero-order chi connectivity index (χ0) is 15.9. The van der Waals surface area contributed by atoms with Crippen LogP contribution in [0.2, 0.25) is 0 Å². The summed E-state index contributed by atoms with van der Waals surface area (Å²) in [7, 11) is 0. The minimum Gasteiger partial charge on any atom is -0.351 e. The minimum absolute atomic E-state index is 0.210. The Morgan fingerprint density at radius 2 is 2.05 bits per heavy atom. The number of imidazole rings is 1. The molecule has 6 nitrogen and oxygen atoms in total. The standard InChI is InChI=1S/C15H18N4O2S/c1-10-12(9-11-5-3-2-4-6-11)18-15(17-10)22-8-7-13(20)19-14(16)21/h2-6H,7-9H2,1H3,(H,17,18)(H3,16,19,20,21). The summed E-state index contributed by atoms with van der Waals surface area (Å²) in [4.78, 5) is 29.6. The molecule has 116 valence electrons. The summed E-state index contributed by atoms with van der Waals surface area (Å²) < 4.78 is 0. The van der Waals surface area contributed by atoms with Crippen molar-refractivity contribution in [3.05, 3.63) is 47.3 Å². The van der Waals surface area contributed by atoms with Crippen LogP contribution in [0.4, 0.5) is 4.79 Å². The Hall–Kier alpha value is -2.28. The molecule has 7 heteroatoms. The number of nitrogens with one attached hydrogen (secondary N) is 2. The van der Waals surface area contributed by atoms with Gasteiger partial charge in [-0.25, -0.2) is 9.78 Å². The van der Waals surface area contributed by atoms with Gasteiger partial charge in [-0.05, 0) is 12.5 Å². The lowest BCUT2D eigenvalue weighted by atomic mass is 10.1. The molecule has 3 amide bonds. The molecule has 1 heterocycles. The van der Waals surface area contributed by atoms with E-state index in [4.69, 9.17) is 5.73 Å². The van der Waals surface area contributed by atoms with Crippen LogP contribution in [0.15, 0.2) is 35.5 Å². The van der Waals surface area contributed by atoms with Gasteiger partial charge in [0.25, 0.3) is 0 Å². The Bertz CT molecular complexity index is 655. The molecule has 0 bridgehead atoms. The quantitative estimate of drug-likeness (QED) is 0.709. The molecule has 0 aliphatic heterocycles. The minimum atomic E-state index is -0.825. The molecule has 0 unspecified atom stereocenters. The summed E-state index contributed by atoms with van der Waals surface area (Å²) in [5.74, 6) is 0.143.